The lowest BCUT2D eigenvalue weighted by molar-refractivity contribution is 0.363. The molecule has 0 fully saturated rings. The Bertz CT molecular complexity index is 284. The number of hydrogen-bond acceptors (Lipinski definition) is 2. The van der Waals surface area contributed by atoms with E-state index < -0.39 is 0 Å². The monoisotopic (exact) mass is 206 g/mol. The Balaban J connectivity index is 2.85. The van der Waals surface area contributed by atoms with Crippen LogP contribution in [0.1, 0.15) is 45.7 Å². The van der Waals surface area contributed by atoms with Crippen LogP contribution in [0.3, 0.4) is 0 Å². The van der Waals surface area contributed by atoms with E-state index >= 15 is 0 Å². The summed E-state index contributed by atoms with van der Waals surface area (Å²) in [5.74, 6) is 0. The Hall–Kier alpha value is -0.890. The van der Waals surface area contributed by atoms with Crippen LogP contribution in [0.2, 0.25) is 0 Å². The molecule has 0 radical (unpaired) electrons. The van der Waals surface area contributed by atoms with E-state index in [0.29, 0.717) is 0 Å². The van der Waals surface area contributed by atoms with Crippen LogP contribution in [0.15, 0.2) is 24.4 Å². The summed E-state index contributed by atoms with van der Waals surface area (Å²) in [6.07, 6.45) is 4.98. The van der Waals surface area contributed by atoms with E-state index in [9.17, 15) is 0 Å². The summed E-state index contributed by atoms with van der Waals surface area (Å²) in [4.78, 5) is 4.45. The van der Waals surface area contributed by atoms with Crippen molar-refractivity contribution in [2.45, 2.75) is 51.5 Å². The van der Waals surface area contributed by atoms with Crippen molar-refractivity contribution in [2.75, 3.05) is 0 Å². The van der Waals surface area contributed by atoms with Gasteiger partial charge in [0.05, 0.1) is 0 Å². The Labute approximate surface area is 92.9 Å². The summed E-state index contributed by atoms with van der Waals surface area (Å²) in [7, 11) is 0. The third-order valence-corrected chi connectivity index (χ3v) is 3.30. The zero-order valence-corrected chi connectivity index (χ0v) is 10.0. The molecule has 0 bridgehead atoms. The van der Waals surface area contributed by atoms with Crippen LogP contribution in [0.25, 0.3) is 0 Å². The topological polar surface area (TPSA) is 38.9 Å². The van der Waals surface area contributed by atoms with Crippen molar-refractivity contribution in [2.24, 2.45) is 5.73 Å². The summed E-state index contributed by atoms with van der Waals surface area (Å²) in [5.41, 5.74) is 7.33. The second-order valence-electron chi connectivity index (χ2n) is 4.50. The predicted molar refractivity (Wildman–Crippen MR) is 64.8 cm³/mol. The number of aromatic nitrogens is 1. The van der Waals surface area contributed by atoms with Crippen LogP contribution in [-0.2, 0) is 5.41 Å². The summed E-state index contributed by atoms with van der Waals surface area (Å²) in [6.45, 7) is 6.60. The Morgan fingerprint density at radius 2 is 2.13 bits per heavy atom. The SMILES string of the molecule is CCC(N)CC(C)(CC)c1ccccn1. The molecule has 2 N–H and O–H groups in total. The fourth-order valence-corrected chi connectivity index (χ4v) is 1.87. The average molecular weight is 206 g/mol. The van der Waals surface area contributed by atoms with Gasteiger partial charge in [0, 0.05) is 23.3 Å². The van der Waals surface area contributed by atoms with Gasteiger partial charge in [-0.25, -0.2) is 0 Å². The first-order valence-electron chi connectivity index (χ1n) is 5.79. The minimum absolute atomic E-state index is 0.122. The molecule has 15 heavy (non-hydrogen) atoms. The molecule has 2 unspecified atom stereocenters. The molecule has 0 aliphatic rings. The number of pyridine rings is 1. The van der Waals surface area contributed by atoms with Gasteiger partial charge in [-0.2, -0.15) is 0 Å². The van der Waals surface area contributed by atoms with Crippen molar-refractivity contribution in [3.05, 3.63) is 30.1 Å². The van der Waals surface area contributed by atoms with Gasteiger partial charge < -0.3 is 5.73 Å². The van der Waals surface area contributed by atoms with Gasteiger partial charge in [0.25, 0.3) is 0 Å². The largest absolute Gasteiger partial charge is 0.328 e. The highest BCUT2D eigenvalue weighted by molar-refractivity contribution is 5.15. The third kappa shape index (κ3) is 3.03. The van der Waals surface area contributed by atoms with Gasteiger partial charge in [-0.15, -0.1) is 0 Å². The highest BCUT2D eigenvalue weighted by Gasteiger charge is 2.27. The Morgan fingerprint density at radius 1 is 1.40 bits per heavy atom. The molecular weight excluding hydrogens is 184 g/mol. The summed E-state index contributed by atoms with van der Waals surface area (Å²) >= 11 is 0. The summed E-state index contributed by atoms with van der Waals surface area (Å²) in [5, 5.41) is 0. The molecule has 0 aliphatic carbocycles. The lowest BCUT2D eigenvalue weighted by Crippen LogP contribution is -2.32. The van der Waals surface area contributed by atoms with Gasteiger partial charge in [-0.3, -0.25) is 4.98 Å². The molecule has 2 atom stereocenters. The molecule has 2 heteroatoms. The highest BCUT2D eigenvalue weighted by Crippen LogP contribution is 2.30. The average Bonchev–Trinajstić information content (AvgIpc) is 2.30. The summed E-state index contributed by atoms with van der Waals surface area (Å²) < 4.78 is 0. The number of rotatable bonds is 5. The first-order valence-corrected chi connectivity index (χ1v) is 5.79. The smallest absolute Gasteiger partial charge is 0.0463 e. The second-order valence-corrected chi connectivity index (χ2v) is 4.50. The van der Waals surface area contributed by atoms with Gasteiger partial charge in [0.1, 0.15) is 0 Å². The van der Waals surface area contributed by atoms with Gasteiger partial charge in [-0.1, -0.05) is 26.8 Å². The van der Waals surface area contributed by atoms with Gasteiger partial charge >= 0.3 is 0 Å². The maximum Gasteiger partial charge on any atom is 0.0463 e. The van der Waals surface area contributed by atoms with E-state index in [1.54, 1.807) is 0 Å². The maximum atomic E-state index is 6.04. The molecule has 1 heterocycles. The highest BCUT2D eigenvalue weighted by atomic mass is 14.7. The number of nitrogens with two attached hydrogens (primary N) is 1. The van der Waals surface area contributed by atoms with Crippen LogP contribution in [0, 0.1) is 0 Å². The first kappa shape index (κ1) is 12.2. The maximum absolute atomic E-state index is 6.04. The number of nitrogens with zero attached hydrogens (tertiary/aromatic N) is 1. The van der Waals surface area contributed by atoms with Gasteiger partial charge in [-0.05, 0) is 31.4 Å². The van der Waals surface area contributed by atoms with Crippen LogP contribution in [-0.4, -0.2) is 11.0 Å². The van der Waals surface area contributed by atoms with Crippen molar-refractivity contribution in [3.63, 3.8) is 0 Å². The van der Waals surface area contributed by atoms with Gasteiger partial charge in [0.2, 0.25) is 0 Å². The molecule has 2 nitrogen and oxygen atoms in total. The molecular formula is C13H22N2. The standard InChI is InChI=1S/C13H22N2/c1-4-11(14)10-13(3,5-2)12-8-6-7-9-15-12/h6-9,11H,4-5,10,14H2,1-3H3. The van der Waals surface area contributed by atoms with Crippen molar-refractivity contribution in [1.82, 2.24) is 4.98 Å². The quantitative estimate of drug-likeness (QED) is 0.804. The molecule has 0 aromatic carbocycles. The molecule has 84 valence electrons. The predicted octanol–water partition coefficient (Wildman–Crippen LogP) is 2.88. The minimum atomic E-state index is 0.122. The zero-order valence-electron chi connectivity index (χ0n) is 10.0. The molecule has 0 amide bonds. The fourth-order valence-electron chi connectivity index (χ4n) is 1.87. The van der Waals surface area contributed by atoms with Crippen molar-refractivity contribution >= 4 is 0 Å². The van der Waals surface area contributed by atoms with E-state index in [1.807, 2.05) is 18.3 Å². The van der Waals surface area contributed by atoms with Crippen molar-refractivity contribution < 1.29 is 0 Å². The Morgan fingerprint density at radius 3 is 2.60 bits per heavy atom. The van der Waals surface area contributed by atoms with E-state index in [4.69, 9.17) is 5.73 Å². The van der Waals surface area contributed by atoms with Crippen LogP contribution in [0.4, 0.5) is 0 Å². The van der Waals surface area contributed by atoms with Crippen LogP contribution < -0.4 is 5.73 Å². The third-order valence-electron chi connectivity index (χ3n) is 3.30. The lowest BCUT2D eigenvalue weighted by Gasteiger charge is -2.30. The molecule has 0 saturated carbocycles. The normalized spacial score (nSPS) is 17.1. The minimum Gasteiger partial charge on any atom is -0.328 e. The fraction of sp³-hybridized carbons (Fsp3) is 0.615. The molecule has 1 aromatic rings. The van der Waals surface area contributed by atoms with Crippen LogP contribution in [0.5, 0.6) is 0 Å². The lowest BCUT2D eigenvalue weighted by atomic mass is 9.77. The number of hydrogen-bond donors (Lipinski definition) is 1. The molecule has 1 rings (SSSR count). The second kappa shape index (κ2) is 5.26. The molecule has 0 aliphatic heterocycles. The summed E-state index contributed by atoms with van der Waals surface area (Å²) in [6, 6.07) is 6.39. The Kier molecular flexibility index (Phi) is 4.28. The van der Waals surface area contributed by atoms with Crippen LogP contribution >= 0.6 is 0 Å². The van der Waals surface area contributed by atoms with Crippen molar-refractivity contribution in [1.29, 1.82) is 0 Å². The van der Waals surface area contributed by atoms with E-state index in [0.717, 1.165) is 25.0 Å². The van der Waals surface area contributed by atoms with Gasteiger partial charge in [0.15, 0.2) is 0 Å². The zero-order chi connectivity index (χ0) is 11.3. The molecule has 0 spiro atoms. The molecule has 1 aromatic heterocycles. The van der Waals surface area contributed by atoms with E-state index in [1.165, 1.54) is 0 Å². The van der Waals surface area contributed by atoms with Crippen molar-refractivity contribution in [3.8, 4) is 0 Å². The first-order chi connectivity index (χ1) is 7.12. The van der Waals surface area contributed by atoms with E-state index in [2.05, 4.69) is 31.8 Å². The van der Waals surface area contributed by atoms with E-state index in [-0.39, 0.29) is 11.5 Å². The molecule has 0 saturated heterocycles.